The average Bonchev–Trinajstić information content (AvgIpc) is 3.38. The summed E-state index contributed by atoms with van der Waals surface area (Å²) in [5.41, 5.74) is 3.72. The molecule has 7 nitrogen and oxygen atoms in total. The quantitative estimate of drug-likeness (QED) is 0.266. The number of aromatic nitrogens is 4. The molecule has 5 rings (SSSR count). The number of thiazole rings is 1. The topological polar surface area (TPSA) is 97.7 Å². The first-order valence-electron chi connectivity index (χ1n) is 11.9. The molecule has 0 saturated heterocycles. The van der Waals surface area contributed by atoms with Crippen LogP contribution in [0, 0.1) is 5.41 Å². The van der Waals surface area contributed by atoms with E-state index >= 15 is 0 Å². The second-order valence-corrected chi connectivity index (χ2v) is 13.0. The van der Waals surface area contributed by atoms with E-state index < -0.39 is 9.84 Å². The highest BCUT2D eigenvalue weighted by Gasteiger charge is 2.27. The minimum absolute atomic E-state index is 0.0167. The summed E-state index contributed by atoms with van der Waals surface area (Å²) < 4.78 is 25.9. The van der Waals surface area contributed by atoms with Crippen LogP contribution in [-0.4, -0.2) is 34.1 Å². The summed E-state index contributed by atoms with van der Waals surface area (Å²) in [5, 5.41) is 6.02. The SMILES string of the molecule is CC(C)(C)CS(=O)(=O)c1nc(-c2nc(NCc3ccccn3)c3c(-c4ccccc4)cccc3n2)cs1. The molecule has 0 fully saturated rings. The van der Waals surface area contributed by atoms with Crippen LogP contribution in [0.15, 0.2) is 82.6 Å². The van der Waals surface area contributed by atoms with E-state index in [0.717, 1.165) is 39.1 Å². The zero-order valence-electron chi connectivity index (χ0n) is 20.8. The van der Waals surface area contributed by atoms with Crippen molar-refractivity contribution in [3.05, 3.63) is 84.0 Å². The van der Waals surface area contributed by atoms with Crippen LogP contribution in [-0.2, 0) is 16.4 Å². The Hall–Kier alpha value is -3.69. The Balaban J connectivity index is 1.61. The van der Waals surface area contributed by atoms with Crippen LogP contribution in [0.1, 0.15) is 26.5 Å². The third-order valence-electron chi connectivity index (χ3n) is 5.57. The zero-order chi connectivity index (χ0) is 26.0. The lowest BCUT2D eigenvalue weighted by Gasteiger charge is -2.16. The number of hydrogen-bond donors (Lipinski definition) is 1. The maximum absolute atomic E-state index is 12.9. The smallest absolute Gasteiger partial charge is 0.209 e. The number of nitrogens with zero attached hydrogens (tertiary/aromatic N) is 4. The molecule has 0 aliphatic rings. The fraction of sp³-hybridized carbons (Fsp3) is 0.214. The van der Waals surface area contributed by atoms with Crippen molar-refractivity contribution < 1.29 is 8.42 Å². The Morgan fingerprint density at radius 1 is 0.892 bits per heavy atom. The van der Waals surface area contributed by atoms with Crippen LogP contribution in [0.3, 0.4) is 0 Å². The van der Waals surface area contributed by atoms with Gasteiger partial charge in [0.1, 0.15) is 11.5 Å². The lowest BCUT2D eigenvalue weighted by Crippen LogP contribution is -2.20. The van der Waals surface area contributed by atoms with Crippen LogP contribution in [0.5, 0.6) is 0 Å². The van der Waals surface area contributed by atoms with E-state index in [2.05, 4.69) is 27.4 Å². The molecule has 9 heteroatoms. The van der Waals surface area contributed by atoms with E-state index in [9.17, 15) is 8.42 Å². The first-order valence-corrected chi connectivity index (χ1v) is 14.4. The standard InChI is InChI=1S/C28H27N5O2S2/c1-28(2,3)18-37(34,35)27-32-23(17-36-27)25-31-22-14-9-13-21(19-10-5-4-6-11-19)24(22)26(33-25)30-16-20-12-7-8-15-29-20/h4-15,17H,16,18H2,1-3H3,(H,30,31,33). The molecule has 0 unspecified atom stereocenters. The summed E-state index contributed by atoms with van der Waals surface area (Å²) in [4.78, 5) is 18.5. The van der Waals surface area contributed by atoms with Gasteiger partial charge < -0.3 is 5.32 Å². The first kappa shape index (κ1) is 25.0. The van der Waals surface area contributed by atoms with Gasteiger partial charge in [0.2, 0.25) is 14.2 Å². The molecular weight excluding hydrogens is 502 g/mol. The second-order valence-electron chi connectivity index (χ2n) is 9.95. The predicted octanol–water partition coefficient (Wildman–Crippen LogP) is 6.25. The van der Waals surface area contributed by atoms with Gasteiger partial charge in [-0.2, -0.15) is 0 Å². The number of sulfone groups is 1. The van der Waals surface area contributed by atoms with Gasteiger partial charge in [-0.25, -0.2) is 23.4 Å². The maximum Gasteiger partial charge on any atom is 0.209 e. The van der Waals surface area contributed by atoms with E-state index in [-0.39, 0.29) is 15.5 Å². The van der Waals surface area contributed by atoms with Gasteiger partial charge in [-0.05, 0) is 34.7 Å². The predicted molar refractivity (Wildman–Crippen MR) is 149 cm³/mol. The summed E-state index contributed by atoms with van der Waals surface area (Å²) in [5.74, 6) is 1.02. The third kappa shape index (κ3) is 5.68. The average molecular weight is 530 g/mol. The normalized spacial score (nSPS) is 12.1. The summed E-state index contributed by atoms with van der Waals surface area (Å²) in [6.45, 7) is 6.16. The molecule has 3 aromatic heterocycles. The van der Waals surface area contributed by atoms with Crippen molar-refractivity contribution in [3.63, 3.8) is 0 Å². The number of fused-ring (bicyclic) bond motifs is 1. The van der Waals surface area contributed by atoms with Gasteiger partial charge in [0, 0.05) is 11.6 Å². The summed E-state index contributed by atoms with van der Waals surface area (Å²) in [6, 6.07) is 21.8. The Labute approximate surface area is 220 Å². The van der Waals surface area contributed by atoms with Crippen molar-refractivity contribution in [1.82, 2.24) is 19.9 Å². The highest BCUT2D eigenvalue weighted by molar-refractivity contribution is 7.93. The first-order chi connectivity index (χ1) is 17.7. The molecule has 0 bridgehead atoms. The lowest BCUT2D eigenvalue weighted by molar-refractivity contribution is 0.461. The fourth-order valence-corrected chi connectivity index (χ4v) is 7.03. The van der Waals surface area contributed by atoms with Crippen LogP contribution < -0.4 is 5.32 Å². The molecule has 37 heavy (non-hydrogen) atoms. The molecule has 1 N–H and O–H groups in total. The van der Waals surface area contributed by atoms with Crippen LogP contribution in [0.4, 0.5) is 5.82 Å². The Bertz CT molecular complexity index is 1650. The number of pyridine rings is 1. The van der Waals surface area contributed by atoms with Gasteiger partial charge in [0.15, 0.2) is 5.82 Å². The Kier molecular flexibility index (Phi) is 6.74. The monoisotopic (exact) mass is 529 g/mol. The van der Waals surface area contributed by atoms with Gasteiger partial charge in [-0.15, -0.1) is 11.3 Å². The minimum Gasteiger partial charge on any atom is -0.364 e. The van der Waals surface area contributed by atoms with Gasteiger partial charge in [0.25, 0.3) is 0 Å². The number of anilines is 1. The summed E-state index contributed by atoms with van der Waals surface area (Å²) >= 11 is 1.10. The molecule has 0 atom stereocenters. The molecule has 0 amide bonds. The van der Waals surface area contributed by atoms with Crippen molar-refractivity contribution in [1.29, 1.82) is 0 Å². The molecule has 0 aliphatic heterocycles. The number of benzene rings is 2. The molecule has 0 spiro atoms. The highest BCUT2D eigenvalue weighted by atomic mass is 32.2. The van der Waals surface area contributed by atoms with Crippen LogP contribution >= 0.6 is 11.3 Å². The van der Waals surface area contributed by atoms with Crippen LogP contribution in [0.25, 0.3) is 33.5 Å². The second kappa shape index (κ2) is 9.99. The number of hydrogen-bond acceptors (Lipinski definition) is 8. The van der Waals surface area contributed by atoms with E-state index in [4.69, 9.17) is 9.97 Å². The summed E-state index contributed by atoms with van der Waals surface area (Å²) in [6.07, 6.45) is 1.75. The number of rotatable bonds is 7. The van der Waals surface area contributed by atoms with Gasteiger partial charge in [0.05, 0.1) is 28.9 Å². The number of nitrogens with one attached hydrogen (secondary N) is 1. The fourth-order valence-electron chi connectivity index (χ4n) is 4.10. The highest BCUT2D eigenvalue weighted by Crippen LogP contribution is 2.35. The molecular formula is C28H27N5O2S2. The lowest BCUT2D eigenvalue weighted by atomic mass is 10.0. The minimum atomic E-state index is -3.52. The van der Waals surface area contributed by atoms with E-state index in [1.165, 1.54) is 0 Å². The molecule has 0 saturated carbocycles. The Morgan fingerprint density at radius 3 is 2.41 bits per heavy atom. The summed E-state index contributed by atoms with van der Waals surface area (Å²) in [7, 11) is -3.52. The van der Waals surface area contributed by atoms with Crippen molar-refractivity contribution in [2.24, 2.45) is 5.41 Å². The van der Waals surface area contributed by atoms with Crippen LogP contribution in [0.2, 0.25) is 0 Å². The zero-order valence-corrected chi connectivity index (χ0v) is 22.5. The maximum atomic E-state index is 12.9. The molecule has 3 heterocycles. The van der Waals surface area contributed by atoms with E-state index in [1.54, 1.807) is 11.6 Å². The van der Waals surface area contributed by atoms with Gasteiger partial charge in [-0.3, -0.25) is 4.98 Å². The van der Waals surface area contributed by atoms with Crippen molar-refractivity contribution in [2.75, 3.05) is 11.1 Å². The largest absolute Gasteiger partial charge is 0.364 e. The third-order valence-corrected chi connectivity index (χ3v) is 9.13. The molecule has 188 valence electrons. The Morgan fingerprint density at radius 2 is 1.68 bits per heavy atom. The van der Waals surface area contributed by atoms with Crippen molar-refractivity contribution in [3.8, 4) is 22.6 Å². The van der Waals surface area contributed by atoms with Crippen molar-refractivity contribution in [2.45, 2.75) is 31.7 Å². The van der Waals surface area contributed by atoms with Gasteiger partial charge >= 0.3 is 0 Å². The van der Waals surface area contributed by atoms with Crippen molar-refractivity contribution >= 4 is 37.9 Å². The molecule has 5 aromatic rings. The van der Waals surface area contributed by atoms with Gasteiger partial charge in [-0.1, -0.05) is 69.3 Å². The molecule has 0 aliphatic carbocycles. The van der Waals surface area contributed by atoms with E-state index in [0.29, 0.717) is 23.9 Å². The molecule has 2 aromatic carbocycles. The van der Waals surface area contributed by atoms with E-state index in [1.807, 2.05) is 75.4 Å². The molecule has 0 radical (unpaired) electrons.